The Hall–Kier alpha value is -3.26. The third kappa shape index (κ3) is 4.12. The number of nitrogens with one attached hydrogen (secondary N) is 2. The van der Waals surface area contributed by atoms with Gasteiger partial charge in [0.15, 0.2) is 0 Å². The molecule has 0 saturated heterocycles. The zero-order valence-corrected chi connectivity index (χ0v) is 14.8. The van der Waals surface area contributed by atoms with Crippen molar-refractivity contribution < 1.29 is 14.5 Å². The number of carbonyl (C=O) groups is 2. The molecule has 2 amide bonds. The first-order valence-corrected chi connectivity index (χ1v) is 8.58. The lowest BCUT2D eigenvalue weighted by molar-refractivity contribution is -0.385. The SMILES string of the molecule is CN1CCc2ccccc2C1CC(=O)NNC(=O)c1ccccc1[N+](=O)[O-]. The van der Waals surface area contributed by atoms with Crippen LogP contribution in [0.5, 0.6) is 0 Å². The number of nitro groups is 1. The van der Waals surface area contributed by atoms with E-state index in [4.69, 9.17) is 0 Å². The van der Waals surface area contributed by atoms with Gasteiger partial charge in [0.2, 0.25) is 5.91 Å². The highest BCUT2D eigenvalue weighted by Gasteiger charge is 2.27. The number of carbonyl (C=O) groups excluding carboxylic acids is 2. The van der Waals surface area contributed by atoms with Crippen LogP contribution in [0.3, 0.4) is 0 Å². The quantitative estimate of drug-likeness (QED) is 0.634. The van der Waals surface area contributed by atoms with Crippen LogP contribution in [-0.2, 0) is 11.2 Å². The number of nitrogens with zero attached hydrogens (tertiary/aromatic N) is 2. The fourth-order valence-electron chi connectivity index (χ4n) is 3.29. The molecule has 0 radical (unpaired) electrons. The van der Waals surface area contributed by atoms with Crippen LogP contribution < -0.4 is 10.9 Å². The molecule has 1 aliphatic rings. The summed E-state index contributed by atoms with van der Waals surface area (Å²) in [5, 5.41) is 11.0. The van der Waals surface area contributed by atoms with Crippen molar-refractivity contribution in [3.63, 3.8) is 0 Å². The summed E-state index contributed by atoms with van der Waals surface area (Å²) >= 11 is 0. The van der Waals surface area contributed by atoms with E-state index in [0.717, 1.165) is 18.5 Å². The van der Waals surface area contributed by atoms with E-state index in [-0.39, 0.29) is 29.6 Å². The Balaban J connectivity index is 1.64. The zero-order chi connectivity index (χ0) is 19.4. The third-order valence-corrected chi connectivity index (χ3v) is 4.72. The van der Waals surface area contributed by atoms with Crippen molar-refractivity contribution in [2.45, 2.75) is 18.9 Å². The van der Waals surface area contributed by atoms with E-state index >= 15 is 0 Å². The van der Waals surface area contributed by atoms with E-state index < -0.39 is 10.8 Å². The molecule has 2 N–H and O–H groups in total. The lowest BCUT2D eigenvalue weighted by atomic mass is 9.91. The second kappa shape index (κ2) is 7.96. The maximum absolute atomic E-state index is 12.3. The summed E-state index contributed by atoms with van der Waals surface area (Å²) in [7, 11) is 1.96. The highest BCUT2D eigenvalue weighted by molar-refractivity contribution is 5.98. The van der Waals surface area contributed by atoms with Crippen molar-refractivity contribution in [2.24, 2.45) is 0 Å². The Kier molecular flexibility index (Phi) is 5.46. The summed E-state index contributed by atoms with van der Waals surface area (Å²) < 4.78 is 0. The number of benzene rings is 2. The minimum Gasteiger partial charge on any atom is -0.299 e. The van der Waals surface area contributed by atoms with E-state index in [1.54, 1.807) is 0 Å². The molecule has 8 heteroatoms. The van der Waals surface area contributed by atoms with E-state index in [1.165, 1.54) is 29.8 Å². The summed E-state index contributed by atoms with van der Waals surface area (Å²) in [5.74, 6) is -1.09. The number of hydrazine groups is 1. The lowest BCUT2D eigenvalue weighted by Crippen LogP contribution is -2.44. The minimum absolute atomic E-state index is 0.0853. The number of amides is 2. The molecule has 0 saturated carbocycles. The largest absolute Gasteiger partial charge is 0.299 e. The predicted molar refractivity (Wildman–Crippen MR) is 98.8 cm³/mol. The lowest BCUT2D eigenvalue weighted by Gasteiger charge is -2.34. The van der Waals surface area contributed by atoms with Gasteiger partial charge in [-0.2, -0.15) is 0 Å². The smallest absolute Gasteiger partial charge is 0.282 e. The van der Waals surface area contributed by atoms with E-state index in [2.05, 4.69) is 21.8 Å². The van der Waals surface area contributed by atoms with E-state index in [9.17, 15) is 19.7 Å². The standard InChI is InChI=1S/C19H20N4O4/c1-22-11-10-13-6-2-3-7-14(13)17(22)12-18(24)20-21-19(25)15-8-4-5-9-16(15)23(26)27/h2-9,17H,10-12H2,1H3,(H,20,24)(H,21,25). The minimum atomic E-state index is -0.729. The average Bonchev–Trinajstić information content (AvgIpc) is 2.68. The van der Waals surface area contributed by atoms with Crippen molar-refractivity contribution in [3.05, 3.63) is 75.3 Å². The van der Waals surface area contributed by atoms with Crippen molar-refractivity contribution in [1.82, 2.24) is 15.8 Å². The summed E-state index contributed by atoms with van der Waals surface area (Å²) in [6.07, 6.45) is 1.10. The van der Waals surface area contributed by atoms with Gasteiger partial charge in [0, 0.05) is 25.1 Å². The Morgan fingerprint density at radius 1 is 1.15 bits per heavy atom. The monoisotopic (exact) mass is 368 g/mol. The van der Waals surface area contributed by atoms with Gasteiger partial charge in [-0.1, -0.05) is 36.4 Å². The van der Waals surface area contributed by atoms with Gasteiger partial charge in [0.05, 0.1) is 4.92 Å². The first-order valence-electron chi connectivity index (χ1n) is 8.58. The Morgan fingerprint density at radius 3 is 2.63 bits per heavy atom. The fourth-order valence-corrected chi connectivity index (χ4v) is 3.29. The molecule has 8 nitrogen and oxygen atoms in total. The molecule has 0 fully saturated rings. The van der Waals surface area contributed by atoms with E-state index in [1.807, 2.05) is 25.2 Å². The highest BCUT2D eigenvalue weighted by Crippen LogP contribution is 2.30. The Labute approximate surface area is 156 Å². The summed E-state index contributed by atoms with van der Waals surface area (Å²) in [6.45, 7) is 0.845. The number of likely N-dealkylation sites (N-methyl/N-ethyl adjacent to an activating group) is 1. The van der Waals surface area contributed by atoms with Crippen LogP contribution in [0.1, 0.15) is 33.9 Å². The third-order valence-electron chi connectivity index (χ3n) is 4.72. The number of fused-ring (bicyclic) bond motifs is 1. The summed E-state index contributed by atoms with van der Waals surface area (Å²) in [5.41, 5.74) is 6.52. The maximum atomic E-state index is 12.3. The highest BCUT2D eigenvalue weighted by atomic mass is 16.6. The van der Waals surface area contributed by atoms with Crippen LogP contribution in [0, 0.1) is 10.1 Å². The van der Waals surface area contributed by atoms with Gasteiger partial charge in [-0.15, -0.1) is 0 Å². The number of rotatable bonds is 4. The van der Waals surface area contributed by atoms with Crippen LogP contribution >= 0.6 is 0 Å². The van der Waals surface area contributed by atoms with Crippen molar-refractivity contribution in [2.75, 3.05) is 13.6 Å². The number of nitro benzene ring substituents is 1. The number of hydrogen-bond acceptors (Lipinski definition) is 5. The first kappa shape index (κ1) is 18.5. The molecule has 1 unspecified atom stereocenters. The van der Waals surface area contributed by atoms with Crippen LogP contribution in [0.15, 0.2) is 48.5 Å². The van der Waals surface area contributed by atoms with Crippen molar-refractivity contribution in [1.29, 1.82) is 0 Å². The molecule has 1 atom stereocenters. The van der Waals surface area contributed by atoms with Crippen molar-refractivity contribution >= 4 is 17.5 Å². The second-order valence-electron chi connectivity index (χ2n) is 6.43. The molecule has 0 bridgehead atoms. The molecular weight excluding hydrogens is 348 g/mol. The van der Waals surface area contributed by atoms with Crippen LogP contribution in [0.25, 0.3) is 0 Å². The topological polar surface area (TPSA) is 105 Å². The predicted octanol–water partition coefficient (Wildman–Crippen LogP) is 1.98. The number of para-hydroxylation sites is 1. The van der Waals surface area contributed by atoms with Crippen LogP contribution in [0.2, 0.25) is 0 Å². The van der Waals surface area contributed by atoms with Gasteiger partial charge in [-0.25, -0.2) is 0 Å². The van der Waals surface area contributed by atoms with Crippen LogP contribution in [-0.4, -0.2) is 35.2 Å². The molecular formula is C19H20N4O4. The fraction of sp³-hybridized carbons (Fsp3) is 0.263. The molecule has 140 valence electrons. The Bertz CT molecular complexity index is 884. The molecule has 2 aromatic rings. The zero-order valence-electron chi connectivity index (χ0n) is 14.8. The van der Waals surface area contributed by atoms with Gasteiger partial charge in [0.25, 0.3) is 11.6 Å². The maximum Gasteiger partial charge on any atom is 0.282 e. The molecule has 1 heterocycles. The number of hydrogen-bond donors (Lipinski definition) is 2. The molecule has 27 heavy (non-hydrogen) atoms. The molecule has 2 aromatic carbocycles. The molecule has 0 aromatic heterocycles. The van der Waals surface area contributed by atoms with Gasteiger partial charge < -0.3 is 0 Å². The average molecular weight is 368 g/mol. The molecule has 0 spiro atoms. The summed E-state index contributed by atoms with van der Waals surface area (Å²) in [6, 6.07) is 13.5. The van der Waals surface area contributed by atoms with Crippen LogP contribution in [0.4, 0.5) is 5.69 Å². The summed E-state index contributed by atoms with van der Waals surface area (Å²) in [4.78, 5) is 37.0. The molecule has 1 aliphatic heterocycles. The molecule has 3 rings (SSSR count). The van der Waals surface area contributed by atoms with Crippen molar-refractivity contribution in [3.8, 4) is 0 Å². The Morgan fingerprint density at radius 2 is 1.85 bits per heavy atom. The second-order valence-corrected chi connectivity index (χ2v) is 6.43. The van der Waals surface area contributed by atoms with Gasteiger partial charge >= 0.3 is 0 Å². The van der Waals surface area contributed by atoms with Gasteiger partial charge in [-0.3, -0.25) is 35.5 Å². The molecule has 0 aliphatic carbocycles. The normalized spacial score (nSPS) is 16.3. The van der Waals surface area contributed by atoms with E-state index in [0.29, 0.717) is 0 Å². The van der Waals surface area contributed by atoms with Gasteiger partial charge in [-0.05, 0) is 30.7 Å². The van der Waals surface area contributed by atoms with Gasteiger partial charge in [0.1, 0.15) is 5.56 Å². The first-order chi connectivity index (χ1) is 13.0.